The SMILES string of the molecule is CCOC(=O)c1[nH]c2ccc(O)c(-c3ccc(OC(C)C)cc3)c2c1N(C)C(=O)C(C)(C)C. The van der Waals surface area contributed by atoms with Gasteiger partial charge in [0.25, 0.3) is 0 Å². The highest BCUT2D eigenvalue weighted by Gasteiger charge is 2.32. The number of carbonyl (C=O) groups excluding carboxylic acids is 2. The van der Waals surface area contributed by atoms with Crippen molar-refractivity contribution in [3.8, 4) is 22.6 Å². The Hall–Kier alpha value is -3.48. The molecule has 0 fully saturated rings. The maximum absolute atomic E-state index is 13.2. The van der Waals surface area contributed by atoms with Gasteiger partial charge in [-0.1, -0.05) is 32.9 Å². The number of ether oxygens (including phenoxy) is 2. The smallest absolute Gasteiger partial charge is 0.356 e. The molecule has 176 valence electrons. The summed E-state index contributed by atoms with van der Waals surface area (Å²) in [6.45, 7) is 11.3. The predicted molar refractivity (Wildman–Crippen MR) is 130 cm³/mol. The molecular weight excluding hydrogens is 420 g/mol. The van der Waals surface area contributed by atoms with Crippen molar-refractivity contribution in [3.63, 3.8) is 0 Å². The van der Waals surface area contributed by atoms with Gasteiger partial charge in [-0.05, 0) is 50.6 Å². The number of benzene rings is 2. The second kappa shape index (κ2) is 9.17. The summed E-state index contributed by atoms with van der Waals surface area (Å²) in [5.74, 6) is 0.00143. The van der Waals surface area contributed by atoms with Crippen LogP contribution in [0.3, 0.4) is 0 Å². The fraction of sp³-hybridized carbons (Fsp3) is 0.385. The Morgan fingerprint density at radius 3 is 2.27 bits per heavy atom. The zero-order chi connectivity index (χ0) is 24.5. The summed E-state index contributed by atoms with van der Waals surface area (Å²) >= 11 is 0. The Morgan fingerprint density at radius 1 is 1.09 bits per heavy atom. The first-order valence-corrected chi connectivity index (χ1v) is 11.1. The average Bonchev–Trinajstić information content (AvgIpc) is 3.12. The Kier molecular flexibility index (Phi) is 6.72. The fourth-order valence-corrected chi connectivity index (χ4v) is 3.82. The van der Waals surface area contributed by atoms with E-state index in [9.17, 15) is 14.7 Å². The lowest BCUT2D eigenvalue weighted by Gasteiger charge is -2.27. The van der Waals surface area contributed by atoms with Crippen molar-refractivity contribution in [2.45, 2.75) is 47.6 Å². The number of rotatable bonds is 6. The number of anilines is 1. The van der Waals surface area contributed by atoms with Gasteiger partial charge in [-0.15, -0.1) is 0 Å². The van der Waals surface area contributed by atoms with Gasteiger partial charge >= 0.3 is 5.97 Å². The highest BCUT2D eigenvalue weighted by Crippen LogP contribution is 2.44. The first kappa shape index (κ1) is 24.2. The van der Waals surface area contributed by atoms with E-state index in [0.29, 0.717) is 27.9 Å². The lowest BCUT2D eigenvalue weighted by atomic mass is 9.93. The standard InChI is InChI=1S/C26H32N2O5/c1-8-32-24(30)22-23(28(7)25(31)26(4,5)6)21-18(27-22)13-14-19(29)20(21)16-9-11-17(12-10-16)33-15(2)3/h9-15,27,29H,8H2,1-7H3. The average molecular weight is 453 g/mol. The topological polar surface area (TPSA) is 91.9 Å². The van der Waals surface area contributed by atoms with Crippen LogP contribution in [0.2, 0.25) is 0 Å². The van der Waals surface area contributed by atoms with E-state index in [1.165, 1.54) is 4.90 Å². The van der Waals surface area contributed by atoms with Crippen LogP contribution < -0.4 is 9.64 Å². The summed E-state index contributed by atoms with van der Waals surface area (Å²) in [6.07, 6.45) is 0.0353. The van der Waals surface area contributed by atoms with Crippen molar-refractivity contribution in [1.29, 1.82) is 0 Å². The predicted octanol–water partition coefficient (Wildman–Crippen LogP) is 5.51. The minimum atomic E-state index is -0.683. The minimum Gasteiger partial charge on any atom is -0.507 e. The van der Waals surface area contributed by atoms with E-state index in [4.69, 9.17) is 9.47 Å². The number of hydrogen-bond acceptors (Lipinski definition) is 5. The van der Waals surface area contributed by atoms with Gasteiger partial charge < -0.3 is 24.5 Å². The van der Waals surface area contributed by atoms with Crippen molar-refractivity contribution in [1.82, 2.24) is 4.98 Å². The van der Waals surface area contributed by atoms with Crippen LogP contribution in [-0.4, -0.2) is 41.7 Å². The lowest BCUT2D eigenvalue weighted by Crippen LogP contribution is -2.37. The molecule has 1 amide bonds. The number of nitrogens with one attached hydrogen (secondary N) is 1. The second-order valence-corrected chi connectivity index (χ2v) is 9.26. The summed E-state index contributed by atoms with van der Waals surface area (Å²) in [6, 6.07) is 10.6. The zero-order valence-corrected chi connectivity index (χ0v) is 20.3. The molecular formula is C26H32N2O5. The van der Waals surface area contributed by atoms with Crippen LogP contribution in [0, 0.1) is 5.41 Å². The first-order valence-electron chi connectivity index (χ1n) is 11.1. The second-order valence-electron chi connectivity index (χ2n) is 9.26. The van der Waals surface area contributed by atoms with Gasteiger partial charge in [-0.3, -0.25) is 4.79 Å². The van der Waals surface area contributed by atoms with E-state index in [2.05, 4.69) is 4.98 Å². The number of aromatic hydroxyl groups is 1. The Labute approximate surface area is 194 Å². The summed E-state index contributed by atoms with van der Waals surface area (Å²) < 4.78 is 11.0. The number of aromatic nitrogens is 1. The molecule has 0 aliphatic rings. The Bertz CT molecular complexity index is 1170. The van der Waals surface area contributed by atoms with E-state index in [-0.39, 0.29) is 30.1 Å². The summed E-state index contributed by atoms with van der Waals surface area (Å²) in [5, 5.41) is 11.4. The fourth-order valence-electron chi connectivity index (χ4n) is 3.82. The van der Waals surface area contributed by atoms with E-state index in [1.807, 2.05) is 58.9 Å². The van der Waals surface area contributed by atoms with Crippen LogP contribution in [0.1, 0.15) is 52.0 Å². The maximum atomic E-state index is 13.2. The van der Waals surface area contributed by atoms with E-state index < -0.39 is 11.4 Å². The minimum absolute atomic E-state index is 0.0345. The van der Waals surface area contributed by atoms with Gasteiger partial charge in [0, 0.05) is 28.9 Å². The van der Waals surface area contributed by atoms with Crippen LogP contribution in [0.4, 0.5) is 5.69 Å². The van der Waals surface area contributed by atoms with Gasteiger partial charge in [0.2, 0.25) is 5.91 Å². The molecule has 2 N–H and O–H groups in total. The molecule has 0 saturated carbocycles. The number of carbonyl (C=O) groups is 2. The zero-order valence-electron chi connectivity index (χ0n) is 20.3. The normalized spacial score (nSPS) is 11.6. The Balaban J connectivity index is 2.30. The third kappa shape index (κ3) is 4.82. The van der Waals surface area contributed by atoms with Crippen molar-refractivity contribution < 1.29 is 24.2 Å². The molecule has 0 atom stereocenters. The molecule has 7 nitrogen and oxygen atoms in total. The molecule has 7 heteroatoms. The molecule has 3 aromatic rings. The maximum Gasteiger partial charge on any atom is 0.356 e. The van der Waals surface area contributed by atoms with Crippen molar-refractivity contribution in [3.05, 3.63) is 42.1 Å². The highest BCUT2D eigenvalue weighted by atomic mass is 16.5. The summed E-state index contributed by atoms with van der Waals surface area (Å²) in [4.78, 5) is 30.6. The molecule has 33 heavy (non-hydrogen) atoms. The lowest BCUT2D eigenvalue weighted by molar-refractivity contribution is -0.125. The number of fused-ring (bicyclic) bond motifs is 1. The first-order chi connectivity index (χ1) is 15.5. The quantitative estimate of drug-likeness (QED) is 0.481. The highest BCUT2D eigenvalue weighted by molar-refractivity contribution is 6.17. The molecule has 0 saturated heterocycles. The molecule has 3 rings (SSSR count). The van der Waals surface area contributed by atoms with Crippen LogP contribution in [0.25, 0.3) is 22.0 Å². The number of esters is 1. The van der Waals surface area contributed by atoms with Crippen LogP contribution in [0.5, 0.6) is 11.5 Å². The number of phenols is 1. The van der Waals surface area contributed by atoms with Gasteiger partial charge in [0.05, 0.1) is 18.4 Å². The molecule has 0 bridgehead atoms. The monoisotopic (exact) mass is 452 g/mol. The molecule has 0 aliphatic heterocycles. The molecule has 0 unspecified atom stereocenters. The van der Waals surface area contributed by atoms with Gasteiger partial charge in [-0.2, -0.15) is 0 Å². The van der Waals surface area contributed by atoms with Crippen LogP contribution in [-0.2, 0) is 9.53 Å². The largest absolute Gasteiger partial charge is 0.507 e. The summed E-state index contributed by atoms with van der Waals surface area (Å²) in [5.41, 5.74) is 1.70. The number of phenolic OH excluding ortho intramolecular Hbond substituents is 1. The number of aromatic amines is 1. The van der Waals surface area contributed by atoms with Gasteiger partial charge in [0.1, 0.15) is 17.2 Å². The van der Waals surface area contributed by atoms with Crippen molar-refractivity contribution in [2.24, 2.45) is 5.41 Å². The van der Waals surface area contributed by atoms with Crippen molar-refractivity contribution in [2.75, 3.05) is 18.6 Å². The molecule has 0 aliphatic carbocycles. The molecule has 0 radical (unpaired) electrons. The molecule has 1 heterocycles. The third-order valence-electron chi connectivity index (χ3n) is 5.19. The molecule has 0 spiro atoms. The number of nitrogens with zero attached hydrogens (tertiary/aromatic N) is 1. The van der Waals surface area contributed by atoms with Crippen LogP contribution >= 0.6 is 0 Å². The van der Waals surface area contributed by atoms with E-state index in [0.717, 1.165) is 5.56 Å². The van der Waals surface area contributed by atoms with Crippen LogP contribution in [0.15, 0.2) is 36.4 Å². The molecule has 1 aromatic heterocycles. The number of hydrogen-bond donors (Lipinski definition) is 2. The number of H-pyrrole nitrogens is 1. The van der Waals surface area contributed by atoms with E-state index in [1.54, 1.807) is 26.1 Å². The van der Waals surface area contributed by atoms with E-state index >= 15 is 0 Å². The van der Waals surface area contributed by atoms with Crippen molar-refractivity contribution >= 4 is 28.5 Å². The Morgan fingerprint density at radius 2 is 1.73 bits per heavy atom. The van der Waals surface area contributed by atoms with Gasteiger partial charge in [-0.25, -0.2) is 4.79 Å². The van der Waals surface area contributed by atoms with Gasteiger partial charge in [0.15, 0.2) is 0 Å². The number of amides is 1. The third-order valence-corrected chi connectivity index (χ3v) is 5.19. The summed E-state index contributed by atoms with van der Waals surface area (Å²) in [7, 11) is 1.63. The molecule has 2 aromatic carbocycles.